The van der Waals surface area contributed by atoms with Crippen molar-refractivity contribution in [3.63, 3.8) is 0 Å². The monoisotopic (exact) mass is 528 g/mol. The molecule has 2 aromatic heterocycles. The van der Waals surface area contributed by atoms with Gasteiger partial charge in [0.05, 0.1) is 11.9 Å². The van der Waals surface area contributed by atoms with Crippen LogP contribution in [0.25, 0.3) is 6.08 Å². The fourth-order valence-electron chi connectivity index (χ4n) is 3.36. The maximum absolute atomic E-state index is 13.3. The van der Waals surface area contributed by atoms with Crippen molar-refractivity contribution in [2.75, 3.05) is 31.1 Å². The molecule has 158 valence electrons. The van der Waals surface area contributed by atoms with E-state index < -0.39 is 0 Å². The number of piperazine rings is 1. The number of nitrogens with one attached hydrogen (secondary N) is 1. The lowest BCUT2D eigenvalue weighted by atomic mass is 10.2. The smallest absolute Gasteiger partial charge is 0.270 e. The van der Waals surface area contributed by atoms with E-state index in [4.69, 9.17) is 4.42 Å². The van der Waals surface area contributed by atoms with E-state index in [2.05, 4.69) is 37.8 Å². The van der Waals surface area contributed by atoms with Crippen molar-refractivity contribution in [1.29, 1.82) is 0 Å². The van der Waals surface area contributed by atoms with Crippen LogP contribution < -0.4 is 10.2 Å². The number of aromatic nitrogens is 1. The van der Waals surface area contributed by atoms with Gasteiger partial charge in [0, 0.05) is 44.0 Å². The highest BCUT2D eigenvalue weighted by Gasteiger charge is 2.25. The molecular formula is C23H21IN4O3. The highest BCUT2D eigenvalue weighted by Crippen LogP contribution is 2.18. The van der Waals surface area contributed by atoms with Gasteiger partial charge in [-0.05, 0) is 59.0 Å². The first-order valence-corrected chi connectivity index (χ1v) is 11.0. The summed E-state index contributed by atoms with van der Waals surface area (Å²) in [5, 5.41) is 2.78. The van der Waals surface area contributed by atoms with E-state index in [-0.39, 0.29) is 17.5 Å². The van der Waals surface area contributed by atoms with Crippen LogP contribution in [-0.2, 0) is 4.79 Å². The van der Waals surface area contributed by atoms with Crippen molar-refractivity contribution in [1.82, 2.24) is 15.2 Å². The Kier molecular flexibility index (Phi) is 6.66. The molecule has 1 aliphatic heterocycles. The van der Waals surface area contributed by atoms with Gasteiger partial charge in [0.1, 0.15) is 11.5 Å². The molecule has 2 amide bonds. The van der Waals surface area contributed by atoms with Crippen LogP contribution in [0.4, 0.5) is 5.69 Å². The summed E-state index contributed by atoms with van der Waals surface area (Å²) in [4.78, 5) is 34.1. The van der Waals surface area contributed by atoms with E-state index in [1.807, 2.05) is 24.4 Å². The van der Waals surface area contributed by atoms with Gasteiger partial charge in [-0.2, -0.15) is 0 Å². The van der Waals surface area contributed by atoms with Gasteiger partial charge >= 0.3 is 0 Å². The molecule has 8 heteroatoms. The zero-order valence-corrected chi connectivity index (χ0v) is 18.9. The molecular weight excluding hydrogens is 507 g/mol. The number of rotatable bonds is 5. The number of halogens is 1. The first kappa shape index (κ1) is 21.1. The minimum atomic E-state index is -0.338. The van der Waals surface area contributed by atoms with E-state index in [0.717, 1.165) is 5.69 Å². The van der Waals surface area contributed by atoms with Crippen LogP contribution in [0.15, 0.2) is 77.1 Å². The fraction of sp³-hybridized carbons (Fsp3) is 0.174. The number of anilines is 1. The summed E-state index contributed by atoms with van der Waals surface area (Å²) in [6.45, 7) is 2.47. The van der Waals surface area contributed by atoms with Crippen LogP contribution in [-0.4, -0.2) is 47.9 Å². The Labute approximate surface area is 193 Å². The molecule has 0 unspecified atom stereocenters. The average molecular weight is 528 g/mol. The normalized spacial score (nSPS) is 14.4. The Bertz CT molecular complexity index is 1070. The average Bonchev–Trinajstić information content (AvgIpc) is 3.24. The van der Waals surface area contributed by atoms with E-state index in [1.54, 1.807) is 53.6 Å². The predicted octanol–water partition coefficient (Wildman–Crippen LogP) is 3.40. The van der Waals surface area contributed by atoms with Crippen LogP contribution in [0, 0.1) is 3.77 Å². The first-order valence-electron chi connectivity index (χ1n) is 9.88. The largest absolute Gasteiger partial charge is 0.451 e. The lowest BCUT2D eigenvalue weighted by Crippen LogP contribution is -2.50. The van der Waals surface area contributed by atoms with Gasteiger partial charge in [-0.3, -0.25) is 14.6 Å². The predicted molar refractivity (Wildman–Crippen MR) is 126 cm³/mol. The molecule has 3 heterocycles. The molecule has 0 atom stereocenters. The van der Waals surface area contributed by atoms with E-state index in [9.17, 15) is 9.59 Å². The summed E-state index contributed by atoms with van der Waals surface area (Å²) >= 11 is 2.06. The topological polar surface area (TPSA) is 78.7 Å². The number of carbonyl (C=O) groups is 2. The Balaban J connectivity index is 1.50. The SMILES string of the molecule is O=C(NC(=Cc1ccc(I)o1)C(=O)N1CCN(c2cccnc2)CC1)c1ccccc1. The van der Waals surface area contributed by atoms with Crippen molar-refractivity contribution < 1.29 is 14.0 Å². The quantitative estimate of drug-likeness (QED) is 0.406. The molecule has 1 saturated heterocycles. The Morgan fingerprint density at radius 2 is 1.77 bits per heavy atom. The second-order valence-corrected chi connectivity index (χ2v) is 8.07. The molecule has 1 fully saturated rings. The summed E-state index contributed by atoms with van der Waals surface area (Å²) in [6, 6.07) is 16.3. The molecule has 1 N–H and O–H groups in total. The van der Waals surface area contributed by atoms with E-state index in [1.165, 1.54) is 0 Å². The third kappa shape index (κ3) is 5.32. The summed E-state index contributed by atoms with van der Waals surface area (Å²) in [6.07, 6.45) is 5.14. The number of nitrogens with zero attached hydrogens (tertiary/aromatic N) is 3. The van der Waals surface area contributed by atoms with Crippen LogP contribution in [0.5, 0.6) is 0 Å². The summed E-state index contributed by atoms with van der Waals surface area (Å²) in [5.41, 5.74) is 1.71. The molecule has 1 aliphatic rings. The molecule has 0 saturated carbocycles. The first-order chi connectivity index (χ1) is 15.1. The molecule has 0 bridgehead atoms. The number of furan rings is 1. The number of amides is 2. The van der Waals surface area contributed by atoms with Gasteiger partial charge in [0.2, 0.25) is 0 Å². The Hall–Kier alpha value is -3.14. The van der Waals surface area contributed by atoms with Crippen molar-refractivity contribution in [2.24, 2.45) is 0 Å². The number of hydrogen-bond donors (Lipinski definition) is 1. The molecule has 31 heavy (non-hydrogen) atoms. The number of hydrogen-bond acceptors (Lipinski definition) is 5. The lowest BCUT2D eigenvalue weighted by molar-refractivity contribution is -0.127. The van der Waals surface area contributed by atoms with Gasteiger partial charge < -0.3 is 19.5 Å². The summed E-state index contributed by atoms with van der Waals surface area (Å²) in [5.74, 6) is -0.0629. The minimum Gasteiger partial charge on any atom is -0.451 e. The van der Waals surface area contributed by atoms with Crippen molar-refractivity contribution >= 4 is 46.2 Å². The molecule has 0 radical (unpaired) electrons. The van der Waals surface area contributed by atoms with Crippen LogP contribution >= 0.6 is 22.6 Å². The fourth-order valence-corrected chi connectivity index (χ4v) is 3.80. The zero-order valence-electron chi connectivity index (χ0n) is 16.7. The molecule has 4 rings (SSSR count). The van der Waals surface area contributed by atoms with Crippen molar-refractivity contribution in [3.8, 4) is 0 Å². The van der Waals surface area contributed by atoms with Crippen LogP contribution in [0.2, 0.25) is 0 Å². The molecule has 0 aliphatic carbocycles. The zero-order chi connectivity index (χ0) is 21.6. The molecule has 0 spiro atoms. The lowest BCUT2D eigenvalue weighted by Gasteiger charge is -2.36. The van der Waals surface area contributed by atoms with E-state index in [0.29, 0.717) is 41.3 Å². The Morgan fingerprint density at radius 3 is 2.42 bits per heavy atom. The highest BCUT2D eigenvalue weighted by molar-refractivity contribution is 14.1. The minimum absolute atomic E-state index is 0.189. The summed E-state index contributed by atoms with van der Waals surface area (Å²) < 4.78 is 6.29. The van der Waals surface area contributed by atoms with Crippen LogP contribution in [0.1, 0.15) is 16.1 Å². The van der Waals surface area contributed by atoms with Gasteiger partial charge in [-0.15, -0.1) is 0 Å². The second-order valence-electron chi connectivity index (χ2n) is 7.01. The maximum atomic E-state index is 13.3. The number of carbonyl (C=O) groups excluding carboxylic acids is 2. The highest BCUT2D eigenvalue weighted by atomic mass is 127. The van der Waals surface area contributed by atoms with E-state index >= 15 is 0 Å². The van der Waals surface area contributed by atoms with Gasteiger partial charge in [0.15, 0.2) is 3.77 Å². The maximum Gasteiger partial charge on any atom is 0.270 e. The molecule has 3 aromatic rings. The molecule has 1 aromatic carbocycles. The van der Waals surface area contributed by atoms with Crippen LogP contribution in [0.3, 0.4) is 0 Å². The third-order valence-corrected chi connectivity index (χ3v) is 5.55. The van der Waals surface area contributed by atoms with Crippen molar-refractivity contribution in [3.05, 3.63) is 87.8 Å². The van der Waals surface area contributed by atoms with Gasteiger partial charge in [-0.1, -0.05) is 18.2 Å². The second kappa shape index (κ2) is 9.78. The summed E-state index contributed by atoms with van der Waals surface area (Å²) in [7, 11) is 0. The van der Waals surface area contributed by atoms with Gasteiger partial charge in [-0.25, -0.2) is 0 Å². The number of pyridine rings is 1. The Morgan fingerprint density at radius 1 is 1.00 bits per heavy atom. The van der Waals surface area contributed by atoms with Gasteiger partial charge in [0.25, 0.3) is 11.8 Å². The van der Waals surface area contributed by atoms with Crippen molar-refractivity contribution in [2.45, 2.75) is 0 Å². The third-order valence-electron chi connectivity index (χ3n) is 4.97. The number of benzene rings is 1. The molecule has 7 nitrogen and oxygen atoms in total. The standard InChI is InChI=1S/C23H21IN4O3/c24-21-9-8-19(31-21)15-20(26-22(29)17-5-2-1-3-6-17)23(30)28-13-11-27(12-14-28)18-7-4-10-25-16-18/h1-10,15-16H,11-14H2,(H,26,29).